The highest BCUT2D eigenvalue weighted by Crippen LogP contribution is 2.06. The second kappa shape index (κ2) is 6.86. The summed E-state index contributed by atoms with van der Waals surface area (Å²) in [5.74, 6) is 0.0161. The Morgan fingerprint density at radius 3 is 2.75 bits per heavy atom. The van der Waals surface area contributed by atoms with Gasteiger partial charge in [-0.1, -0.05) is 18.2 Å². The lowest BCUT2D eigenvalue weighted by molar-refractivity contribution is -0.116. The molecule has 2 N–H and O–H groups in total. The van der Waals surface area contributed by atoms with E-state index in [9.17, 15) is 4.79 Å². The van der Waals surface area contributed by atoms with Crippen molar-refractivity contribution in [3.8, 4) is 0 Å². The molecule has 5 nitrogen and oxygen atoms in total. The molecule has 0 aliphatic heterocycles. The molecule has 0 saturated heterocycles. The summed E-state index contributed by atoms with van der Waals surface area (Å²) in [7, 11) is 1.89. The maximum atomic E-state index is 11.9. The van der Waals surface area contributed by atoms with Crippen molar-refractivity contribution < 1.29 is 4.79 Å². The summed E-state index contributed by atoms with van der Waals surface area (Å²) < 4.78 is 1.77. The van der Waals surface area contributed by atoms with E-state index in [1.165, 1.54) is 0 Å². The van der Waals surface area contributed by atoms with Crippen molar-refractivity contribution in [1.29, 1.82) is 0 Å². The first-order valence-corrected chi connectivity index (χ1v) is 6.69. The van der Waals surface area contributed by atoms with Gasteiger partial charge in [-0.3, -0.25) is 9.48 Å². The molecule has 0 aliphatic carbocycles. The van der Waals surface area contributed by atoms with Crippen molar-refractivity contribution >= 4 is 11.6 Å². The number of hydrogen-bond acceptors (Lipinski definition) is 3. The van der Waals surface area contributed by atoms with E-state index >= 15 is 0 Å². The van der Waals surface area contributed by atoms with Crippen LogP contribution in [0.1, 0.15) is 18.9 Å². The predicted octanol–water partition coefficient (Wildman–Crippen LogP) is 1.93. The highest BCUT2D eigenvalue weighted by Gasteiger charge is 2.09. The summed E-state index contributed by atoms with van der Waals surface area (Å²) in [6.07, 6.45) is 4.22. The third-order valence-electron chi connectivity index (χ3n) is 2.96. The van der Waals surface area contributed by atoms with E-state index in [1.807, 2.05) is 56.7 Å². The van der Waals surface area contributed by atoms with Gasteiger partial charge in [0.2, 0.25) is 5.91 Å². The summed E-state index contributed by atoms with van der Waals surface area (Å²) in [5, 5.41) is 10.3. The first kappa shape index (κ1) is 14.3. The lowest BCUT2D eigenvalue weighted by Gasteiger charge is -2.13. The Labute approximate surface area is 119 Å². The van der Waals surface area contributed by atoms with E-state index in [1.54, 1.807) is 4.68 Å². The Morgan fingerprint density at radius 2 is 2.10 bits per heavy atom. The molecular formula is C15H20N4O. The van der Waals surface area contributed by atoms with Crippen molar-refractivity contribution in [1.82, 2.24) is 15.1 Å². The van der Waals surface area contributed by atoms with Crippen LogP contribution in [-0.4, -0.2) is 21.7 Å². The Bertz CT molecular complexity index is 550. The van der Waals surface area contributed by atoms with Gasteiger partial charge >= 0.3 is 0 Å². The zero-order valence-electron chi connectivity index (χ0n) is 11.8. The van der Waals surface area contributed by atoms with Crippen LogP contribution >= 0.6 is 0 Å². The number of aromatic nitrogens is 2. The van der Waals surface area contributed by atoms with Gasteiger partial charge < -0.3 is 10.6 Å². The largest absolute Gasteiger partial charge is 0.326 e. The van der Waals surface area contributed by atoms with Gasteiger partial charge in [0, 0.05) is 43.5 Å². The van der Waals surface area contributed by atoms with Gasteiger partial charge in [0.05, 0.1) is 6.20 Å². The van der Waals surface area contributed by atoms with Gasteiger partial charge in [-0.25, -0.2) is 0 Å². The van der Waals surface area contributed by atoms with Gasteiger partial charge in [-0.15, -0.1) is 0 Å². The fourth-order valence-electron chi connectivity index (χ4n) is 1.94. The van der Waals surface area contributed by atoms with Gasteiger partial charge in [0.15, 0.2) is 0 Å². The number of carbonyl (C=O) groups is 1. The monoisotopic (exact) mass is 272 g/mol. The van der Waals surface area contributed by atoms with Crippen molar-refractivity contribution in [2.75, 3.05) is 5.32 Å². The molecule has 1 aromatic carbocycles. The third-order valence-corrected chi connectivity index (χ3v) is 2.96. The quantitative estimate of drug-likeness (QED) is 0.844. The molecule has 1 atom stereocenters. The molecule has 1 aromatic heterocycles. The van der Waals surface area contributed by atoms with Gasteiger partial charge in [0.25, 0.3) is 0 Å². The SMILES string of the molecule is C[C@@H](CC(=O)Nc1ccccc1)NCc1cnn(C)c1. The minimum Gasteiger partial charge on any atom is -0.326 e. The first-order chi connectivity index (χ1) is 9.63. The first-order valence-electron chi connectivity index (χ1n) is 6.69. The lowest BCUT2D eigenvalue weighted by atomic mass is 10.2. The minimum absolute atomic E-state index is 0.0161. The number of aryl methyl sites for hydroxylation is 1. The van der Waals surface area contributed by atoms with Crippen LogP contribution in [0.4, 0.5) is 5.69 Å². The van der Waals surface area contributed by atoms with Crippen molar-refractivity contribution in [3.05, 3.63) is 48.3 Å². The lowest BCUT2D eigenvalue weighted by Crippen LogP contribution is -2.30. The number of hydrogen-bond donors (Lipinski definition) is 2. The Kier molecular flexibility index (Phi) is 4.90. The smallest absolute Gasteiger partial charge is 0.225 e. The summed E-state index contributed by atoms with van der Waals surface area (Å²) in [5.41, 5.74) is 1.94. The number of anilines is 1. The second-order valence-corrected chi connectivity index (χ2v) is 4.92. The molecule has 0 aliphatic rings. The van der Waals surface area contributed by atoms with Crippen LogP contribution in [0.25, 0.3) is 0 Å². The average Bonchev–Trinajstić information content (AvgIpc) is 2.83. The average molecular weight is 272 g/mol. The number of nitrogens with one attached hydrogen (secondary N) is 2. The topological polar surface area (TPSA) is 59.0 Å². The molecule has 0 saturated carbocycles. The fourth-order valence-corrected chi connectivity index (χ4v) is 1.94. The van der Waals surface area contributed by atoms with Crippen molar-refractivity contribution in [2.45, 2.75) is 25.9 Å². The maximum absolute atomic E-state index is 11.9. The second-order valence-electron chi connectivity index (χ2n) is 4.92. The number of para-hydroxylation sites is 1. The highest BCUT2D eigenvalue weighted by atomic mass is 16.1. The normalized spacial score (nSPS) is 12.1. The Hall–Kier alpha value is -2.14. The van der Waals surface area contributed by atoms with E-state index in [-0.39, 0.29) is 11.9 Å². The van der Waals surface area contributed by atoms with Crippen LogP contribution in [-0.2, 0) is 18.4 Å². The molecule has 0 spiro atoms. The Morgan fingerprint density at radius 1 is 1.35 bits per heavy atom. The zero-order valence-corrected chi connectivity index (χ0v) is 11.8. The van der Waals surface area contributed by atoms with Gasteiger partial charge in [-0.2, -0.15) is 5.10 Å². The zero-order chi connectivity index (χ0) is 14.4. The van der Waals surface area contributed by atoms with E-state index in [0.29, 0.717) is 13.0 Å². The molecule has 0 bridgehead atoms. The van der Waals surface area contributed by atoms with E-state index in [4.69, 9.17) is 0 Å². The van der Waals surface area contributed by atoms with Crippen LogP contribution in [0.5, 0.6) is 0 Å². The predicted molar refractivity (Wildman–Crippen MR) is 79.2 cm³/mol. The van der Waals surface area contributed by atoms with Crippen LogP contribution in [0, 0.1) is 0 Å². The van der Waals surface area contributed by atoms with Crippen LogP contribution in [0.3, 0.4) is 0 Å². The fraction of sp³-hybridized carbons (Fsp3) is 0.333. The molecule has 1 heterocycles. The highest BCUT2D eigenvalue weighted by molar-refractivity contribution is 5.90. The van der Waals surface area contributed by atoms with Crippen LogP contribution in [0.15, 0.2) is 42.7 Å². The van der Waals surface area contributed by atoms with Gasteiger partial charge in [-0.05, 0) is 19.1 Å². The van der Waals surface area contributed by atoms with Crippen molar-refractivity contribution in [2.24, 2.45) is 7.05 Å². The number of amides is 1. The summed E-state index contributed by atoms with van der Waals surface area (Å²) in [6, 6.07) is 9.60. The van der Waals surface area contributed by atoms with Crippen molar-refractivity contribution in [3.63, 3.8) is 0 Å². The van der Waals surface area contributed by atoms with E-state index in [2.05, 4.69) is 15.7 Å². The standard InChI is InChI=1S/C15H20N4O/c1-12(16-9-13-10-17-19(2)11-13)8-15(20)18-14-6-4-3-5-7-14/h3-7,10-12,16H,8-9H2,1-2H3,(H,18,20)/t12-/m0/s1. The molecule has 0 radical (unpaired) electrons. The molecule has 106 valence electrons. The Balaban J connectivity index is 1.73. The summed E-state index contributed by atoms with van der Waals surface area (Å²) in [4.78, 5) is 11.9. The number of rotatable bonds is 6. The number of benzene rings is 1. The molecule has 20 heavy (non-hydrogen) atoms. The van der Waals surface area contributed by atoms with E-state index < -0.39 is 0 Å². The molecule has 0 unspecified atom stereocenters. The minimum atomic E-state index is 0.0161. The molecule has 1 amide bonds. The molecule has 2 aromatic rings. The molecule has 0 fully saturated rings. The number of carbonyl (C=O) groups excluding carboxylic acids is 1. The summed E-state index contributed by atoms with van der Waals surface area (Å²) in [6.45, 7) is 2.72. The third kappa shape index (κ3) is 4.51. The maximum Gasteiger partial charge on any atom is 0.225 e. The van der Waals surface area contributed by atoms with E-state index in [0.717, 1.165) is 11.3 Å². The van der Waals surface area contributed by atoms with Gasteiger partial charge in [0.1, 0.15) is 0 Å². The molecular weight excluding hydrogens is 252 g/mol. The molecule has 5 heteroatoms. The van der Waals surface area contributed by atoms with Crippen LogP contribution in [0.2, 0.25) is 0 Å². The number of nitrogens with zero attached hydrogens (tertiary/aromatic N) is 2. The van der Waals surface area contributed by atoms with Crippen LogP contribution < -0.4 is 10.6 Å². The summed E-state index contributed by atoms with van der Waals surface area (Å²) >= 11 is 0. The molecule has 2 rings (SSSR count).